The molecular weight excluding hydrogens is 368 g/mol. The summed E-state index contributed by atoms with van der Waals surface area (Å²) in [6.45, 7) is 0.0932. The van der Waals surface area contributed by atoms with Crippen LogP contribution in [0.4, 0.5) is 14.6 Å². The molecule has 0 fully saturated rings. The highest BCUT2D eigenvalue weighted by atomic mass is 32.1. The Morgan fingerprint density at radius 2 is 1.85 bits per heavy atom. The van der Waals surface area contributed by atoms with Crippen LogP contribution in [0.15, 0.2) is 60.0 Å². The van der Waals surface area contributed by atoms with Gasteiger partial charge < -0.3 is 10.4 Å². The first kappa shape index (κ1) is 17.5. The van der Waals surface area contributed by atoms with Gasteiger partial charge in [-0.1, -0.05) is 24.3 Å². The van der Waals surface area contributed by atoms with Crippen LogP contribution < -0.4 is 5.32 Å². The normalized spacial score (nSPS) is 12.3. The summed E-state index contributed by atoms with van der Waals surface area (Å²) in [6.07, 6.45) is -1.01. The average molecular weight is 383 g/mol. The van der Waals surface area contributed by atoms with Crippen LogP contribution in [0, 0.1) is 11.6 Å². The van der Waals surface area contributed by atoms with Crippen molar-refractivity contribution >= 4 is 28.1 Å². The van der Waals surface area contributed by atoms with Crippen molar-refractivity contribution in [3.8, 4) is 10.7 Å². The highest BCUT2D eigenvalue weighted by molar-refractivity contribution is 7.13. The molecule has 0 radical (unpaired) electrons. The molecule has 7 heteroatoms. The number of nitrogens with zero attached hydrogens (tertiary/aromatic N) is 2. The topological polar surface area (TPSA) is 58.0 Å². The van der Waals surface area contributed by atoms with Gasteiger partial charge in [0.15, 0.2) is 17.5 Å². The molecule has 2 N–H and O–H groups in total. The number of rotatable bonds is 5. The van der Waals surface area contributed by atoms with Crippen LogP contribution in [-0.4, -0.2) is 21.6 Å². The number of para-hydroxylation sites is 1. The van der Waals surface area contributed by atoms with Crippen molar-refractivity contribution in [2.75, 3.05) is 11.9 Å². The Bertz CT molecular complexity index is 1090. The minimum atomic E-state index is -1.01. The minimum absolute atomic E-state index is 0.0932. The quantitative estimate of drug-likeness (QED) is 0.521. The number of nitrogens with one attached hydrogen (secondary N) is 1. The summed E-state index contributed by atoms with van der Waals surface area (Å²) in [5, 5.41) is 16.2. The average Bonchev–Trinajstić information content (AvgIpc) is 3.22. The predicted octanol–water partition coefficient (Wildman–Crippen LogP) is 4.78. The third-order valence-electron chi connectivity index (χ3n) is 4.14. The number of fused-ring (bicyclic) bond motifs is 1. The Labute approximate surface area is 158 Å². The first-order valence-electron chi connectivity index (χ1n) is 8.29. The molecule has 0 bridgehead atoms. The lowest BCUT2D eigenvalue weighted by Crippen LogP contribution is -2.14. The van der Waals surface area contributed by atoms with Gasteiger partial charge in [0.25, 0.3) is 0 Å². The van der Waals surface area contributed by atoms with Crippen molar-refractivity contribution in [1.82, 2.24) is 9.97 Å². The highest BCUT2D eigenvalue weighted by Crippen LogP contribution is 2.28. The fourth-order valence-electron chi connectivity index (χ4n) is 2.76. The summed E-state index contributed by atoms with van der Waals surface area (Å²) >= 11 is 1.54. The van der Waals surface area contributed by atoms with Gasteiger partial charge >= 0.3 is 0 Å². The van der Waals surface area contributed by atoms with Gasteiger partial charge in [0.05, 0.1) is 16.5 Å². The van der Waals surface area contributed by atoms with E-state index >= 15 is 0 Å². The monoisotopic (exact) mass is 383 g/mol. The van der Waals surface area contributed by atoms with Crippen molar-refractivity contribution in [3.63, 3.8) is 0 Å². The summed E-state index contributed by atoms with van der Waals surface area (Å²) in [4.78, 5) is 10.1. The zero-order valence-electron chi connectivity index (χ0n) is 14.1. The van der Waals surface area contributed by atoms with E-state index in [-0.39, 0.29) is 6.54 Å². The van der Waals surface area contributed by atoms with Crippen LogP contribution in [0.25, 0.3) is 21.6 Å². The van der Waals surface area contributed by atoms with Crippen molar-refractivity contribution < 1.29 is 13.9 Å². The smallest absolute Gasteiger partial charge is 0.172 e. The van der Waals surface area contributed by atoms with Gasteiger partial charge in [-0.3, -0.25) is 0 Å². The Morgan fingerprint density at radius 3 is 2.63 bits per heavy atom. The second-order valence-electron chi connectivity index (χ2n) is 5.96. The van der Waals surface area contributed by atoms with Crippen LogP contribution in [0.5, 0.6) is 0 Å². The van der Waals surface area contributed by atoms with Crippen molar-refractivity contribution in [3.05, 3.63) is 77.2 Å². The number of anilines is 1. The van der Waals surface area contributed by atoms with Crippen molar-refractivity contribution in [2.45, 2.75) is 6.10 Å². The predicted molar refractivity (Wildman–Crippen MR) is 103 cm³/mol. The van der Waals surface area contributed by atoms with Crippen LogP contribution in [-0.2, 0) is 0 Å². The maximum absolute atomic E-state index is 13.4. The zero-order chi connectivity index (χ0) is 18.8. The largest absolute Gasteiger partial charge is 0.387 e. The van der Waals surface area contributed by atoms with Gasteiger partial charge in [0.1, 0.15) is 5.82 Å². The Morgan fingerprint density at radius 1 is 1.00 bits per heavy atom. The fraction of sp³-hybridized carbons (Fsp3) is 0.100. The van der Waals surface area contributed by atoms with Crippen LogP contribution >= 0.6 is 11.3 Å². The molecule has 0 aliphatic heterocycles. The molecule has 0 aliphatic rings. The zero-order valence-corrected chi connectivity index (χ0v) is 14.9. The Balaban J connectivity index is 1.63. The number of thiophene rings is 1. The second kappa shape index (κ2) is 7.38. The Hall–Kier alpha value is -2.90. The van der Waals surface area contributed by atoms with E-state index in [0.717, 1.165) is 27.9 Å². The standard InChI is InChI=1S/C20H15F2N3OS/c21-14-8-7-12(10-15(14)22)17(26)11-23-19-13-4-1-2-5-16(13)24-20(25-19)18-6-3-9-27-18/h1-10,17,26H,11H2,(H,23,24,25). The molecular formula is C20H15F2N3OS. The summed E-state index contributed by atoms with van der Waals surface area (Å²) in [5.74, 6) is -0.764. The molecule has 2 aromatic carbocycles. The highest BCUT2D eigenvalue weighted by Gasteiger charge is 2.14. The maximum Gasteiger partial charge on any atom is 0.172 e. The summed E-state index contributed by atoms with van der Waals surface area (Å²) < 4.78 is 26.5. The Kier molecular flexibility index (Phi) is 4.79. The molecule has 2 aromatic heterocycles. The van der Waals surface area contributed by atoms with E-state index in [0.29, 0.717) is 17.2 Å². The van der Waals surface area contributed by atoms with Crippen LogP contribution in [0.2, 0.25) is 0 Å². The van der Waals surface area contributed by atoms with Gasteiger partial charge in [-0.05, 0) is 41.3 Å². The molecule has 4 aromatic rings. The number of halogens is 2. The van der Waals surface area contributed by atoms with Crippen LogP contribution in [0.1, 0.15) is 11.7 Å². The molecule has 1 atom stereocenters. The molecule has 0 saturated heterocycles. The molecule has 2 heterocycles. The molecule has 0 spiro atoms. The molecule has 4 nitrogen and oxygen atoms in total. The van der Waals surface area contributed by atoms with E-state index in [2.05, 4.69) is 15.3 Å². The maximum atomic E-state index is 13.4. The van der Waals surface area contributed by atoms with Gasteiger partial charge in [0.2, 0.25) is 0 Å². The molecule has 136 valence electrons. The summed E-state index contributed by atoms with van der Waals surface area (Å²) in [6, 6.07) is 14.8. The second-order valence-corrected chi connectivity index (χ2v) is 6.91. The van der Waals surface area contributed by atoms with Crippen molar-refractivity contribution in [1.29, 1.82) is 0 Å². The fourth-order valence-corrected chi connectivity index (χ4v) is 3.42. The first-order valence-corrected chi connectivity index (χ1v) is 9.17. The third kappa shape index (κ3) is 3.65. The summed E-state index contributed by atoms with van der Waals surface area (Å²) in [7, 11) is 0. The van der Waals surface area contributed by atoms with Gasteiger partial charge in [-0.2, -0.15) is 0 Å². The summed E-state index contributed by atoms with van der Waals surface area (Å²) in [5.41, 5.74) is 1.07. The first-order chi connectivity index (χ1) is 13.1. The molecule has 0 amide bonds. The molecule has 27 heavy (non-hydrogen) atoms. The van der Waals surface area contributed by atoms with Gasteiger partial charge in [-0.15, -0.1) is 11.3 Å². The molecule has 0 saturated carbocycles. The molecule has 1 unspecified atom stereocenters. The molecule has 4 rings (SSSR count). The van der Waals surface area contributed by atoms with E-state index < -0.39 is 17.7 Å². The third-order valence-corrected chi connectivity index (χ3v) is 5.00. The lowest BCUT2D eigenvalue weighted by molar-refractivity contribution is 0.191. The van der Waals surface area contributed by atoms with Gasteiger partial charge in [0, 0.05) is 11.9 Å². The number of benzene rings is 2. The van der Waals surface area contributed by atoms with Gasteiger partial charge in [-0.25, -0.2) is 18.7 Å². The van der Waals surface area contributed by atoms with E-state index in [9.17, 15) is 13.9 Å². The number of hydrogen-bond donors (Lipinski definition) is 2. The SMILES string of the molecule is OC(CNc1nc(-c2cccs2)nc2ccccc12)c1ccc(F)c(F)c1. The van der Waals surface area contributed by atoms with Crippen molar-refractivity contribution in [2.24, 2.45) is 0 Å². The van der Waals surface area contributed by atoms with E-state index in [1.807, 2.05) is 41.8 Å². The number of aliphatic hydroxyl groups excluding tert-OH is 1. The lowest BCUT2D eigenvalue weighted by Gasteiger charge is -2.15. The number of hydrogen-bond acceptors (Lipinski definition) is 5. The van der Waals surface area contributed by atoms with Crippen LogP contribution in [0.3, 0.4) is 0 Å². The van der Waals surface area contributed by atoms with E-state index in [1.165, 1.54) is 17.4 Å². The molecule has 0 aliphatic carbocycles. The van der Waals surface area contributed by atoms with E-state index in [4.69, 9.17) is 0 Å². The minimum Gasteiger partial charge on any atom is -0.387 e. The number of aromatic nitrogens is 2. The lowest BCUT2D eigenvalue weighted by atomic mass is 10.1. The number of aliphatic hydroxyl groups is 1. The van der Waals surface area contributed by atoms with E-state index in [1.54, 1.807) is 0 Å².